The molecule has 1 aromatic heterocycles. The third-order valence-corrected chi connectivity index (χ3v) is 2.45. The molecule has 0 atom stereocenters. The topological polar surface area (TPSA) is 30.2 Å². The van der Waals surface area contributed by atoms with Crippen molar-refractivity contribution in [3.05, 3.63) is 47.9 Å². The van der Waals surface area contributed by atoms with Crippen molar-refractivity contribution in [2.24, 2.45) is 0 Å². The minimum Gasteiger partial charge on any atom is -0.461 e. The first-order valence-electron chi connectivity index (χ1n) is 4.97. The van der Waals surface area contributed by atoms with Gasteiger partial charge in [-0.05, 0) is 23.6 Å². The maximum Gasteiger partial charge on any atom is 0.185 e. The van der Waals surface area contributed by atoms with E-state index in [0.717, 1.165) is 23.8 Å². The summed E-state index contributed by atoms with van der Waals surface area (Å²) in [6, 6.07) is 9.95. The molecule has 0 amide bonds. The van der Waals surface area contributed by atoms with Gasteiger partial charge in [0.15, 0.2) is 12.0 Å². The van der Waals surface area contributed by atoms with Crippen molar-refractivity contribution < 1.29 is 9.21 Å². The van der Waals surface area contributed by atoms with E-state index in [9.17, 15) is 4.79 Å². The zero-order valence-electron chi connectivity index (χ0n) is 8.57. The van der Waals surface area contributed by atoms with Crippen molar-refractivity contribution in [3.63, 3.8) is 0 Å². The molecule has 0 N–H and O–H groups in total. The molecule has 0 saturated heterocycles. The van der Waals surface area contributed by atoms with Gasteiger partial charge < -0.3 is 4.42 Å². The lowest BCUT2D eigenvalue weighted by atomic mass is 10.0. The van der Waals surface area contributed by atoms with E-state index in [1.165, 1.54) is 11.8 Å². The summed E-state index contributed by atoms with van der Waals surface area (Å²) in [4.78, 5) is 10.7. The van der Waals surface area contributed by atoms with Crippen molar-refractivity contribution in [2.45, 2.75) is 13.3 Å². The molecule has 0 spiro atoms. The molecule has 2 rings (SSSR count). The fraction of sp³-hybridized carbons (Fsp3) is 0.154. The van der Waals surface area contributed by atoms with Gasteiger partial charge in [0.2, 0.25) is 0 Å². The second-order valence-corrected chi connectivity index (χ2v) is 3.37. The molecule has 15 heavy (non-hydrogen) atoms. The molecule has 0 bridgehead atoms. The van der Waals surface area contributed by atoms with Gasteiger partial charge in [0.1, 0.15) is 0 Å². The minimum absolute atomic E-state index is 0.392. The second-order valence-electron chi connectivity index (χ2n) is 3.37. The van der Waals surface area contributed by atoms with Gasteiger partial charge in [0.25, 0.3) is 0 Å². The Kier molecular flexibility index (Phi) is 2.68. The highest BCUT2D eigenvalue weighted by atomic mass is 16.3. The Balaban J connectivity index is 2.48. The zero-order valence-corrected chi connectivity index (χ0v) is 8.57. The van der Waals surface area contributed by atoms with Crippen LogP contribution in [0.25, 0.3) is 11.1 Å². The van der Waals surface area contributed by atoms with Crippen molar-refractivity contribution in [2.75, 3.05) is 0 Å². The number of carbonyl (C=O) groups is 1. The normalized spacial score (nSPS) is 10.2. The summed E-state index contributed by atoms with van der Waals surface area (Å²) in [5.41, 5.74) is 3.15. The van der Waals surface area contributed by atoms with Crippen LogP contribution in [0, 0.1) is 0 Å². The summed E-state index contributed by atoms with van der Waals surface area (Å²) in [5.74, 6) is 0.392. The van der Waals surface area contributed by atoms with E-state index >= 15 is 0 Å². The maximum absolute atomic E-state index is 10.7. The molecule has 0 saturated carbocycles. The van der Waals surface area contributed by atoms with E-state index in [-0.39, 0.29) is 0 Å². The summed E-state index contributed by atoms with van der Waals surface area (Å²) in [7, 11) is 0. The van der Waals surface area contributed by atoms with Crippen molar-refractivity contribution in [1.29, 1.82) is 0 Å². The molecule has 0 aliphatic carbocycles. The maximum atomic E-state index is 10.7. The summed E-state index contributed by atoms with van der Waals surface area (Å²) >= 11 is 0. The van der Waals surface area contributed by atoms with Crippen LogP contribution in [0.3, 0.4) is 0 Å². The lowest BCUT2D eigenvalue weighted by molar-refractivity contribution is 0.110. The van der Waals surface area contributed by atoms with E-state index in [2.05, 4.69) is 19.1 Å². The molecule has 0 unspecified atom stereocenters. The average Bonchev–Trinajstić information content (AvgIpc) is 2.77. The van der Waals surface area contributed by atoms with Crippen LogP contribution in [-0.2, 0) is 6.42 Å². The van der Waals surface area contributed by atoms with Gasteiger partial charge in [-0.25, -0.2) is 0 Å². The van der Waals surface area contributed by atoms with Gasteiger partial charge in [-0.3, -0.25) is 4.79 Å². The molecule has 1 heterocycles. The summed E-state index contributed by atoms with van der Waals surface area (Å²) in [6.07, 6.45) is 3.27. The van der Waals surface area contributed by atoms with Crippen LogP contribution in [0.15, 0.2) is 41.0 Å². The van der Waals surface area contributed by atoms with Crippen LogP contribution in [0.4, 0.5) is 0 Å². The smallest absolute Gasteiger partial charge is 0.185 e. The van der Waals surface area contributed by atoms with Gasteiger partial charge in [-0.2, -0.15) is 0 Å². The highest BCUT2D eigenvalue weighted by molar-refractivity contribution is 5.84. The fourth-order valence-electron chi connectivity index (χ4n) is 1.61. The number of hydrogen-bond donors (Lipinski definition) is 0. The lowest BCUT2D eigenvalue weighted by Crippen LogP contribution is -1.84. The SMILES string of the molecule is CCc1cccc(-c2ccoc2C=O)c1. The molecular formula is C13H12O2. The van der Waals surface area contributed by atoms with Crippen LogP contribution in [0.1, 0.15) is 23.0 Å². The Bertz CT molecular complexity index is 469. The van der Waals surface area contributed by atoms with Gasteiger partial charge in [-0.15, -0.1) is 0 Å². The highest BCUT2D eigenvalue weighted by Crippen LogP contribution is 2.24. The van der Waals surface area contributed by atoms with Gasteiger partial charge in [0, 0.05) is 5.56 Å². The van der Waals surface area contributed by atoms with Crippen LogP contribution in [-0.4, -0.2) is 6.29 Å². The van der Waals surface area contributed by atoms with E-state index in [0.29, 0.717) is 5.76 Å². The largest absolute Gasteiger partial charge is 0.461 e. The Morgan fingerprint density at radius 1 is 1.33 bits per heavy atom. The fourth-order valence-corrected chi connectivity index (χ4v) is 1.61. The Labute approximate surface area is 88.5 Å². The quantitative estimate of drug-likeness (QED) is 0.711. The molecule has 76 valence electrons. The molecular weight excluding hydrogens is 188 g/mol. The predicted molar refractivity (Wildman–Crippen MR) is 58.9 cm³/mol. The predicted octanol–water partition coefficient (Wildman–Crippen LogP) is 3.32. The van der Waals surface area contributed by atoms with Gasteiger partial charge in [0.05, 0.1) is 6.26 Å². The molecule has 0 radical (unpaired) electrons. The number of aryl methyl sites for hydroxylation is 1. The van der Waals surface area contributed by atoms with E-state index in [4.69, 9.17) is 4.42 Å². The van der Waals surface area contributed by atoms with Crippen molar-refractivity contribution in [3.8, 4) is 11.1 Å². The monoisotopic (exact) mass is 200 g/mol. The van der Waals surface area contributed by atoms with E-state index in [1.54, 1.807) is 0 Å². The molecule has 2 heteroatoms. The van der Waals surface area contributed by atoms with Crippen LogP contribution >= 0.6 is 0 Å². The second kappa shape index (κ2) is 4.13. The molecule has 0 aliphatic heterocycles. The number of aldehydes is 1. The first-order valence-corrected chi connectivity index (χ1v) is 4.97. The summed E-state index contributed by atoms with van der Waals surface area (Å²) < 4.78 is 5.07. The van der Waals surface area contributed by atoms with Crippen LogP contribution in [0.5, 0.6) is 0 Å². The van der Waals surface area contributed by atoms with Crippen molar-refractivity contribution in [1.82, 2.24) is 0 Å². The Hall–Kier alpha value is -1.83. The Morgan fingerprint density at radius 3 is 2.93 bits per heavy atom. The van der Waals surface area contributed by atoms with Crippen molar-refractivity contribution >= 4 is 6.29 Å². The van der Waals surface area contributed by atoms with Crippen LogP contribution in [0.2, 0.25) is 0 Å². The molecule has 0 aliphatic rings. The third kappa shape index (κ3) is 1.84. The number of furan rings is 1. The summed E-state index contributed by atoms with van der Waals surface area (Å²) in [6.45, 7) is 2.11. The molecule has 0 fully saturated rings. The number of benzene rings is 1. The number of carbonyl (C=O) groups excluding carboxylic acids is 1. The zero-order chi connectivity index (χ0) is 10.7. The summed E-state index contributed by atoms with van der Waals surface area (Å²) in [5, 5.41) is 0. The average molecular weight is 200 g/mol. The first kappa shape index (κ1) is 9.71. The highest BCUT2D eigenvalue weighted by Gasteiger charge is 2.07. The van der Waals surface area contributed by atoms with E-state index in [1.807, 2.05) is 18.2 Å². The van der Waals surface area contributed by atoms with E-state index < -0.39 is 0 Å². The lowest BCUT2D eigenvalue weighted by Gasteiger charge is -2.01. The molecule has 2 aromatic rings. The first-order chi connectivity index (χ1) is 7.35. The number of hydrogen-bond acceptors (Lipinski definition) is 2. The third-order valence-electron chi connectivity index (χ3n) is 2.45. The number of rotatable bonds is 3. The standard InChI is InChI=1S/C13H12O2/c1-2-10-4-3-5-11(8-10)12-6-7-15-13(12)9-14/h3-9H,2H2,1H3. The van der Waals surface area contributed by atoms with Gasteiger partial charge >= 0.3 is 0 Å². The minimum atomic E-state index is 0.392. The van der Waals surface area contributed by atoms with Crippen LogP contribution < -0.4 is 0 Å². The molecule has 1 aromatic carbocycles. The molecule has 2 nitrogen and oxygen atoms in total. The van der Waals surface area contributed by atoms with Gasteiger partial charge in [-0.1, -0.05) is 31.2 Å². The Morgan fingerprint density at radius 2 is 2.20 bits per heavy atom.